The van der Waals surface area contributed by atoms with E-state index in [0.29, 0.717) is 23.8 Å². The van der Waals surface area contributed by atoms with E-state index in [2.05, 4.69) is 5.32 Å². The summed E-state index contributed by atoms with van der Waals surface area (Å²) in [5.74, 6) is 2.26. The van der Waals surface area contributed by atoms with Crippen LogP contribution in [0.4, 0.5) is 0 Å². The minimum atomic E-state index is 0.251. The number of nitrogens with zero attached hydrogens (tertiary/aromatic N) is 1. The largest absolute Gasteiger partial charge is 0.493 e. The average molecular weight is 320 g/mol. The third-order valence-electron chi connectivity index (χ3n) is 4.44. The molecule has 0 saturated carbocycles. The molecule has 0 aliphatic carbocycles. The number of piperidine rings is 1. The lowest BCUT2D eigenvalue weighted by atomic mass is 9.97. The van der Waals surface area contributed by atoms with Crippen molar-refractivity contribution in [3.8, 4) is 11.5 Å². The van der Waals surface area contributed by atoms with Gasteiger partial charge in [-0.1, -0.05) is 6.07 Å². The maximum absolute atomic E-state index is 12.4. The van der Waals surface area contributed by atoms with Crippen LogP contribution in [-0.2, 0) is 11.2 Å². The molecular formula is C18H28N2O3. The highest BCUT2D eigenvalue weighted by Crippen LogP contribution is 2.28. The number of methoxy groups -OCH3 is 2. The number of ether oxygens (including phenoxy) is 2. The van der Waals surface area contributed by atoms with E-state index in [4.69, 9.17) is 9.47 Å². The fraction of sp³-hybridized carbons (Fsp3) is 0.611. The van der Waals surface area contributed by atoms with Gasteiger partial charge in [-0.15, -0.1) is 0 Å². The number of amides is 1. The number of likely N-dealkylation sites (tertiary alicyclic amines) is 1. The van der Waals surface area contributed by atoms with Crippen molar-refractivity contribution in [2.45, 2.75) is 25.7 Å². The number of hydrogen-bond acceptors (Lipinski definition) is 4. The summed E-state index contributed by atoms with van der Waals surface area (Å²) in [5, 5.41) is 3.21. The second-order valence-corrected chi connectivity index (χ2v) is 6.10. The predicted octanol–water partition coefficient (Wildman–Crippen LogP) is 2.09. The van der Waals surface area contributed by atoms with E-state index < -0.39 is 0 Å². The zero-order chi connectivity index (χ0) is 16.7. The summed E-state index contributed by atoms with van der Waals surface area (Å²) in [4.78, 5) is 14.5. The number of aryl methyl sites for hydroxylation is 1. The summed E-state index contributed by atoms with van der Waals surface area (Å²) in [7, 11) is 5.22. The van der Waals surface area contributed by atoms with Crippen LogP contribution in [0.5, 0.6) is 11.5 Å². The van der Waals surface area contributed by atoms with E-state index in [9.17, 15) is 4.79 Å². The Morgan fingerprint density at radius 2 is 2.09 bits per heavy atom. The first kappa shape index (κ1) is 17.6. The maximum atomic E-state index is 12.4. The highest BCUT2D eigenvalue weighted by atomic mass is 16.5. The Kier molecular flexibility index (Phi) is 6.71. The molecule has 1 atom stereocenters. The van der Waals surface area contributed by atoms with Gasteiger partial charge >= 0.3 is 0 Å². The van der Waals surface area contributed by atoms with E-state index >= 15 is 0 Å². The molecule has 0 radical (unpaired) electrons. The first-order chi connectivity index (χ1) is 11.2. The molecule has 23 heavy (non-hydrogen) atoms. The SMILES string of the molecule is CNCC1CCCN(C(=O)CCc2ccc(OC)c(OC)c2)C1. The van der Waals surface area contributed by atoms with Crippen LogP contribution in [0.25, 0.3) is 0 Å². The lowest BCUT2D eigenvalue weighted by Crippen LogP contribution is -2.42. The molecule has 128 valence electrons. The molecule has 1 fully saturated rings. The van der Waals surface area contributed by atoms with Gasteiger partial charge in [0.05, 0.1) is 14.2 Å². The van der Waals surface area contributed by atoms with Gasteiger partial charge in [0.15, 0.2) is 11.5 Å². The van der Waals surface area contributed by atoms with Crippen LogP contribution in [0.15, 0.2) is 18.2 Å². The summed E-state index contributed by atoms with van der Waals surface area (Å²) in [6, 6.07) is 5.84. The van der Waals surface area contributed by atoms with Crippen molar-refractivity contribution in [3.63, 3.8) is 0 Å². The molecule has 1 amide bonds. The van der Waals surface area contributed by atoms with Crippen LogP contribution >= 0.6 is 0 Å². The molecule has 1 unspecified atom stereocenters. The van der Waals surface area contributed by atoms with E-state index in [1.54, 1.807) is 14.2 Å². The lowest BCUT2D eigenvalue weighted by Gasteiger charge is -2.32. The van der Waals surface area contributed by atoms with Gasteiger partial charge in [-0.3, -0.25) is 4.79 Å². The Morgan fingerprint density at radius 1 is 1.30 bits per heavy atom. The number of nitrogens with one attached hydrogen (secondary N) is 1. The number of hydrogen-bond donors (Lipinski definition) is 1. The summed E-state index contributed by atoms with van der Waals surface area (Å²) in [6.45, 7) is 2.76. The molecule has 5 nitrogen and oxygen atoms in total. The highest BCUT2D eigenvalue weighted by molar-refractivity contribution is 5.76. The fourth-order valence-corrected chi connectivity index (χ4v) is 3.19. The van der Waals surface area contributed by atoms with Crippen molar-refractivity contribution >= 4 is 5.91 Å². The van der Waals surface area contributed by atoms with Gasteiger partial charge in [-0.25, -0.2) is 0 Å². The van der Waals surface area contributed by atoms with Crippen molar-refractivity contribution in [1.82, 2.24) is 10.2 Å². The predicted molar refractivity (Wildman–Crippen MR) is 91.1 cm³/mol. The van der Waals surface area contributed by atoms with E-state index in [1.165, 1.54) is 6.42 Å². The maximum Gasteiger partial charge on any atom is 0.222 e. The van der Waals surface area contributed by atoms with Crippen molar-refractivity contribution < 1.29 is 14.3 Å². The van der Waals surface area contributed by atoms with Gasteiger partial charge < -0.3 is 19.7 Å². The van der Waals surface area contributed by atoms with Gasteiger partial charge in [-0.05, 0) is 56.5 Å². The van der Waals surface area contributed by atoms with Crippen LogP contribution in [0.1, 0.15) is 24.8 Å². The van der Waals surface area contributed by atoms with Crippen molar-refractivity contribution in [2.24, 2.45) is 5.92 Å². The smallest absolute Gasteiger partial charge is 0.222 e. The van der Waals surface area contributed by atoms with Crippen LogP contribution in [-0.4, -0.2) is 51.7 Å². The summed E-state index contributed by atoms with van der Waals surface area (Å²) >= 11 is 0. The molecule has 5 heteroatoms. The van der Waals surface area contributed by atoms with Crippen molar-refractivity contribution in [3.05, 3.63) is 23.8 Å². The fourth-order valence-electron chi connectivity index (χ4n) is 3.19. The van der Waals surface area contributed by atoms with Crippen LogP contribution in [0.3, 0.4) is 0 Å². The lowest BCUT2D eigenvalue weighted by molar-refractivity contribution is -0.132. The molecule has 1 saturated heterocycles. The Labute approximate surface area is 139 Å². The molecule has 1 heterocycles. The van der Waals surface area contributed by atoms with Gasteiger partial charge in [0.25, 0.3) is 0 Å². The first-order valence-electron chi connectivity index (χ1n) is 8.31. The highest BCUT2D eigenvalue weighted by Gasteiger charge is 2.22. The number of carbonyl (C=O) groups is 1. The minimum Gasteiger partial charge on any atom is -0.493 e. The van der Waals surface area contributed by atoms with Gasteiger partial charge in [0, 0.05) is 19.5 Å². The molecule has 0 bridgehead atoms. The molecule has 1 N–H and O–H groups in total. The molecule has 0 aromatic heterocycles. The Bertz CT molecular complexity index is 517. The standard InChI is InChI=1S/C18H28N2O3/c1-19-12-15-5-4-10-20(13-15)18(21)9-7-14-6-8-16(22-2)17(11-14)23-3/h6,8,11,15,19H,4-5,7,9-10,12-13H2,1-3H3. The molecule has 0 spiro atoms. The van der Waals surface area contributed by atoms with E-state index in [-0.39, 0.29) is 5.91 Å². The number of benzene rings is 1. The van der Waals surface area contributed by atoms with Gasteiger partial charge in [-0.2, -0.15) is 0 Å². The summed E-state index contributed by atoms with van der Waals surface area (Å²) in [5.41, 5.74) is 1.10. The molecule has 1 aliphatic heterocycles. The minimum absolute atomic E-state index is 0.251. The van der Waals surface area contributed by atoms with E-state index in [1.807, 2.05) is 30.1 Å². The molecule has 1 aromatic carbocycles. The third-order valence-corrected chi connectivity index (χ3v) is 4.44. The van der Waals surface area contributed by atoms with Crippen LogP contribution in [0, 0.1) is 5.92 Å². The normalized spacial score (nSPS) is 17.9. The second-order valence-electron chi connectivity index (χ2n) is 6.10. The first-order valence-corrected chi connectivity index (χ1v) is 8.31. The van der Waals surface area contributed by atoms with Crippen LogP contribution < -0.4 is 14.8 Å². The molecule has 2 rings (SSSR count). The van der Waals surface area contributed by atoms with Gasteiger partial charge in [0.1, 0.15) is 0 Å². The molecular weight excluding hydrogens is 292 g/mol. The van der Waals surface area contributed by atoms with Crippen molar-refractivity contribution in [2.75, 3.05) is 40.9 Å². The Hall–Kier alpha value is -1.75. The van der Waals surface area contributed by atoms with Crippen LogP contribution in [0.2, 0.25) is 0 Å². The second kappa shape index (κ2) is 8.77. The zero-order valence-corrected chi connectivity index (χ0v) is 14.4. The number of carbonyl (C=O) groups excluding carboxylic acids is 1. The topological polar surface area (TPSA) is 50.8 Å². The van der Waals surface area contributed by atoms with Gasteiger partial charge in [0.2, 0.25) is 5.91 Å². The summed E-state index contributed by atoms with van der Waals surface area (Å²) < 4.78 is 10.6. The number of rotatable bonds is 7. The molecule has 1 aromatic rings. The zero-order valence-electron chi connectivity index (χ0n) is 14.4. The monoisotopic (exact) mass is 320 g/mol. The summed E-state index contributed by atoms with van der Waals surface area (Å²) in [6.07, 6.45) is 3.59. The third kappa shape index (κ3) is 4.86. The molecule has 1 aliphatic rings. The Balaban J connectivity index is 1.88. The quantitative estimate of drug-likeness (QED) is 0.836. The van der Waals surface area contributed by atoms with E-state index in [0.717, 1.165) is 38.0 Å². The average Bonchev–Trinajstić information content (AvgIpc) is 2.59. The Morgan fingerprint density at radius 3 is 2.78 bits per heavy atom. The van der Waals surface area contributed by atoms with Crippen molar-refractivity contribution in [1.29, 1.82) is 0 Å².